The summed E-state index contributed by atoms with van der Waals surface area (Å²) in [5, 5.41) is 11.3. The van der Waals surface area contributed by atoms with Crippen molar-refractivity contribution in [2.24, 2.45) is 0 Å². The number of rotatable bonds is 9. The molecule has 0 aliphatic carbocycles. The van der Waals surface area contributed by atoms with Gasteiger partial charge in [0.15, 0.2) is 0 Å². The minimum absolute atomic E-state index is 0.117. The van der Waals surface area contributed by atoms with Gasteiger partial charge in [-0.3, -0.25) is 4.79 Å². The predicted molar refractivity (Wildman–Crippen MR) is 90.9 cm³/mol. The van der Waals surface area contributed by atoms with E-state index < -0.39 is 11.7 Å². The average molecular weight is 340 g/mol. The zero-order valence-corrected chi connectivity index (χ0v) is 14.7. The normalized spacial score (nSPS) is 11.3. The van der Waals surface area contributed by atoms with Crippen LogP contribution in [-0.2, 0) is 22.6 Å². The molecule has 0 aliphatic heterocycles. The van der Waals surface area contributed by atoms with Crippen LogP contribution >= 0.6 is 0 Å². The fourth-order valence-electron chi connectivity index (χ4n) is 1.96. The molecule has 0 spiro atoms. The van der Waals surface area contributed by atoms with E-state index in [1.165, 1.54) is 0 Å². The van der Waals surface area contributed by atoms with Crippen molar-refractivity contribution >= 4 is 6.09 Å². The number of ether oxygens (including phenoxy) is 2. The van der Waals surface area contributed by atoms with Crippen LogP contribution in [0.3, 0.4) is 0 Å². The number of carbonyl (C=O) groups is 1. The summed E-state index contributed by atoms with van der Waals surface area (Å²) in [4.78, 5) is 24.0. The first-order valence-electron chi connectivity index (χ1n) is 8.17. The summed E-state index contributed by atoms with van der Waals surface area (Å²) in [6, 6.07) is 3.44. The number of nitrogens with zero attached hydrogens (tertiary/aromatic N) is 1. The number of hydrogen-bond acceptors (Lipinski definition) is 5. The Morgan fingerprint density at radius 2 is 2.04 bits per heavy atom. The van der Waals surface area contributed by atoms with Gasteiger partial charge in [-0.1, -0.05) is 6.07 Å². The number of nitrogens with one attached hydrogen (secondary N) is 1. The number of aromatic nitrogens is 1. The molecular formula is C17H28N2O5. The number of carbonyl (C=O) groups excluding carboxylic acids is 1. The zero-order valence-electron chi connectivity index (χ0n) is 14.7. The zero-order chi connectivity index (χ0) is 18.0. The maximum absolute atomic E-state index is 12.3. The lowest BCUT2D eigenvalue weighted by molar-refractivity contribution is 0.0523. The fraction of sp³-hybridized carbons (Fsp3) is 0.647. The van der Waals surface area contributed by atoms with Gasteiger partial charge in [0.05, 0.1) is 13.2 Å². The number of aliphatic hydroxyl groups is 1. The van der Waals surface area contributed by atoms with Gasteiger partial charge in [-0.15, -0.1) is 0 Å². The quantitative estimate of drug-likeness (QED) is 0.667. The van der Waals surface area contributed by atoms with Crippen LogP contribution in [0.5, 0.6) is 0 Å². The monoisotopic (exact) mass is 340 g/mol. The molecule has 1 heterocycles. The lowest BCUT2D eigenvalue weighted by atomic mass is 10.2. The maximum atomic E-state index is 12.3. The van der Waals surface area contributed by atoms with E-state index in [0.29, 0.717) is 31.7 Å². The van der Waals surface area contributed by atoms with Crippen molar-refractivity contribution < 1.29 is 19.4 Å². The molecule has 2 N–H and O–H groups in total. The maximum Gasteiger partial charge on any atom is 0.407 e. The van der Waals surface area contributed by atoms with Crippen LogP contribution in [0.2, 0.25) is 0 Å². The van der Waals surface area contributed by atoms with Crippen molar-refractivity contribution in [2.45, 2.75) is 52.3 Å². The lowest BCUT2D eigenvalue weighted by Gasteiger charge is -2.19. The Hall–Kier alpha value is -1.86. The molecule has 0 bridgehead atoms. The van der Waals surface area contributed by atoms with E-state index >= 15 is 0 Å². The number of amides is 1. The molecule has 1 amide bonds. The number of unbranched alkanes of at least 4 members (excludes halogenated alkanes) is 1. The highest BCUT2D eigenvalue weighted by Crippen LogP contribution is 2.06. The molecule has 1 aromatic heterocycles. The molecule has 0 fully saturated rings. The van der Waals surface area contributed by atoms with Gasteiger partial charge in [0, 0.05) is 31.5 Å². The smallest absolute Gasteiger partial charge is 0.407 e. The van der Waals surface area contributed by atoms with Crippen LogP contribution in [-0.4, -0.2) is 41.2 Å². The number of pyridine rings is 1. The van der Waals surface area contributed by atoms with Gasteiger partial charge < -0.3 is 24.5 Å². The van der Waals surface area contributed by atoms with Crippen LogP contribution in [0.15, 0.2) is 23.1 Å². The van der Waals surface area contributed by atoms with Crippen molar-refractivity contribution in [3.63, 3.8) is 0 Å². The Kier molecular flexibility index (Phi) is 8.49. The number of alkyl carbamates (subject to hydrolysis) is 1. The molecule has 7 heteroatoms. The molecule has 1 aromatic rings. The predicted octanol–water partition coefficient (Wildman–Crippen LogP) is 1.66. The topological polar surface area (TPSA) is 89.8 Å². The minimum Gasteiger partial charge on any atom is -0.444 e. The van der Waals surface area contributed by atoms with Crippen LogP contribution in [0, 0.1) is 0 Å². The van der Waals surface area contributed by atoms with Crippen molar-refractivity contribution in [1.82, 2.24) is 9.88 Å². The molecule has 0 unspecified atom stereocenters. The Morgan fingerprint density at radius 3 is 2.71 bits per heavy atom. The van der Waals surface area contributed by atoms with Gasteiger partial charge in [-0.2, -0.15) is 0 Å². The standard InChI is InChI=1S/C17H28N2O5/c1-17(2,3)24-16(22)18-13-14-7-6-8-19(15(14)21)9-12-23-11-5-4-10-20/h6-8,20H,4-5,9-13H2,1-3H3,(H,18,22). The van der Waals surface area contributed by atoms with E-state index in [4.69, 9.17) is 14.6 Å². The SMILES string of the molecule is CC(C)(C)OC(=O)NCc1cccn(CCOCCCCO)c1=O. The Labute approximate surface area is 142 Å². The highest BCUT2D eigenvalue weighted by molar-refractivity contribution is 5.67. The van der Waals surface area contributed by atoms with Gasteiger partial charge in [-0.25, -0.2) is 4.79 Å². The molecule has 1 rings (SSSR count). The molecule has 7 nitrogen and oxygen atoms in total. The molecule has 0 aliphatic rings. The Balaban J connectivity index is 2.47. The second-order valence-corrected chi connectivity index (χ2v) is 6.43. The fourth-order valence-corrected chi connectivity index (χ4v) is 1.96. The summed E-state index contributed by atoms with van der Waals surface area (Å²) in [6.45, 7) is 7.05. The summed E-state index contributed by atoms with van der Waals surface area (Å²) in [6.07, 6.45) is 2.65. The van der Waals surface area contributed by atoms with Crippen LogP contribution in [0.4, 0.5) is 4.79 Å². The van der Waals surface area contributed by atoms with Crippen LogP contribution in [0.1, 0.15) is 39.2 Å². The third kappa shape index (κ3) is 8.12. The van der Waals surface area contributed by atoms with Crippen molar-refractivity contribution in [3.05, 3.63) is 34.2 Å². The third-order valence-corrected chi connectivity index (χ3v) is 3.09. The second kappa shape index (κ2) is 10.1. The summed E-state index contributed by atoms with van der Waals surface area (Å²) in [7, 11) is 0. The van der Waals surface area contributed by atoms with Crippen LogP contribution in [0.25, 0.3) is 0 Å². The summed E-state index contributed by atoms with van der Waals surface area (Å²) >= 11 is 0. The lowest BCUT2D eigenvalue weighted by Crippen LogP contribution is -2.34. The Bertz CT molecular complexity index is 563. The first-order valence-corrected chi connectivity index (χ1v) is 8.17. The summed E-state index contributed by atoms with van der Waals surface area (Å²) in [5.74, 6) is 0. The van der Waals surface area contributed by atoms with E-state index in [1.54, 1.807) is 43.7 Å². The largest absolute Gasteiger partial charge is 0.444 e. The van der Waals surface area contributed by atoms with Gasteiger partial charge >= 0.3 is 6.09 Å². The minimum atomic E-state index is -0.575. The van der Waals surface area contributed by atoms with E-state index in [9.17, 15) is 9.59 Å². The molecule has 0 saturated heterocycles. The van der Waals surface area contributed by atoms with Gasteiger partial charge in [-0.05, 0) is 39.7 Å². The Morgan fingerprint density at radius 1 is 1.29 bits per heavy atom. The van der Waals surface area contributed by atoms with Gasteiger partial charge in [0.1, 0.15) is 5.60 Å². The van der Waals surface area contributed by atoms with E-state index in [1.807, 2.05) is 0 Å². The molecule has 24 heavy (non-hydrogen) atoms. The van der Waals surface area contributed by atoms with E-state index in [-0.39, 0.29) is 18.7 Å². The molecule has 0 radical (unpaired) electrons. The molecule has 136 valence electrons. The molecular weight excluding hydrogens is 312 g/mol. The highest BCUT2D eigenvalue weighted by atomic mass is 16.6. The van der Waals surface area contributed by atoms with Crippen molar-refractivity contribution in [1.29, 1.82) is 0 Å². The van der Waals surface area contributed by atoms with Crippen LogP contribution < -0.4 is 10.9 Å². The first kappa shape index (κ1) is 20.2. The third-order valence-electron chi connectivity index (χ3n) is 3.09. The molecule has 0 saturated carbocycles. The van der Waals surface area contributed by atoms with Crippen molar-refractivity contribution in [2.75, 3.05) is 19.8 Å². The molecule has 0 atom stereocenters. The van der Waals surface area contributed by atoms with E-state index in [0.717, 1.165) is 6.42 Å². The van der Waals surface area contributed by atoms with Gasteiger partial charge in [0.2, 0.25) is 0 Å². The second-order valence-electron chi connectivity index (χ2n) is 6.43. The summed E-state index contributed by atoms with van der Waals surface area (Å²) < 4.78 is 12.1. The van der Waals surface area contributed by atoms with Crippen molar-refractivity contribution in [3.8, 4) is 0 Å². The number of hydrogen-bond donors (Lipinski definition) is 2. The number of aliphatic hydroxyl groups excluding tert-OH is 1. The summed E-state index contributed by atoms with van der Waals surface area (Å²) in [5.41, 5.74) is -0.245. The average Bonchev–Trinajstić information content (AvgIpc) is 2.49. The highest BCUT2D eigenvalue weighted by Gasteiger charge is 2.16. The first-order chi connectivity index (χ1) is 11.3. The molecule has 0 aromatic carbocycles. The van der Waals surface area contributed by atoms with Gasteiger partial charge in [0.25, 0.3) is 5.56 Å². The van der Waals surface area contributed by atoms with E-state index in [2.05, 4.69) is 5.32 Å².